The van der Waals surface area contributed by atoms with E-state index in [1.54, 1.807) is 0 Å². The summed E-state index contributed by atoms with van der Waals surface area (Å²) in [6.45, 7) is 8.27. The third-order valence-electron chi connectivity index (χ3n) is 9.28. The van der Waals surface area contributed by atoms with E-state index in [1.165, 1.54) is 26.2 Å². The number of likely N-dealkylation sites (tertiary alicyclic amines) is 1. The molecule has 0 aromatic carbocycles. The van der Waals surface area contributed by atoms with Crippen molar-refractivity contribution >= 4 is 23.4 Å². The second-order valence-corrected chi connectivity index (χ2v) is 11.6. The van der Waals surface area contributed by atoms with E-state index in [4.69, 9.17) is 0 Å². The van der Waals surface area contributed by atoms with Gasteiger partial charge >= 0.3 is 0 Å². The maximum Gasteiger partial charge on any atom is 0.243 e. The van der Waals surface area contributed by atoms with E-state index in [2.05, 4.69) is 19.2 Å². The van der Waals surface area contributed by atoms with Crippen molar-refractivity contribution in [2.24, 2.45) is 35.0 Å². The van der Waals surface area contributed by atoms with Crippen LogP contribution in [0, 0.1) is 35.0 Å². The highest BCUT2D eigenvalue weighted by Gasteiger charge is 2.69. The van der Waals surface area contributed by atoms with Gasteiger partial charge in [0.15, 0.2) is 5.78 Å². The Hall–Kier alpha value is -1.72. The van der Waals surface area contributed by atoms with Crippen LogP contribution in [0.3, 0.4) is 0 Å². The predicted molar refractivity (Wildman–Crippen MR) is 122 cm³/mol. The Labute approximate surface area is 192 Å². The van der Waals surface area contributed by atoms with Crippen LogP contribution in [0.25, 0.3) is 0 Å². The molecule has 1 saturated heterocycles. The molecule has 4 fully saturated rings. The molecule has 0 radical (unpaired) electrons. The van der Waals surface area contributed by atoms with E-state index in [0.29, 0.717) is 30.7 Å². The number of fused-ring (bicyclic) bond motifs is 1. The zero-order valence-electron chi connectivity index (χ0n) is 20.2. The van der Waals surface area contributed by atoms with Crippen LogP contribution in [0.4, 0.5) is 0 Å². The molecular formula is C26H40N2O4. The summed E-state index contributed by atoms with van der Waals surface area (Å²) in [6.07, 6.45) is 9.55. The first-order chi connectivity index (χ1) is 15.1. The van der Waals surface area contributed by atoms with Gasteiger partial charge in [0.05, 0.1) is 6.04 Å². The quantitative estimate of drug-likeness (QED) is 0.581. The van der Waals surface area contributed by atoms with Crippen molar-refractivity contribution in [2.75, 3.05) is 6.54 Å². The van der Waals surface area contributed by atoms with Gasteiger partial charge in [-0.3, -0.25) is 19.2 Å². The van der Waals surface area contributed by atoms with Crippen LogP contribution in [0.5, 0.6) is 0 Å². The van der Waals surface area contributed by atoms with Crippen molar-refractivity contribution in [3.05, 3.63) is 0 Å². The predicted octanol–water partition coefficient (Wildman–Crippen LogP) is 3.52. The van der Waals surface area contributed by atoms with Crippen molar-refractivity contribution in [1.29, 1.82) is 0 Å². The Bertz CT molecular complexity index is 781. The third-order valence-corrected chi connectivity index (χ3v) is 9.28. The minimum Gasteiger partial charge on any atom is -0.344 e. The lowest BCUT2D eigenvalue weighted by Gasteiger charge is -2.36. The van der Waals surface area contributed by atoms with E-state index < -0.39 is 23.7 Å². The molecule has 3 aliphatic carbocycles. The van der Waals surface area contributed by atoms with Gasteiger partial charge in [-0.15, -0.1) is 0 Å². The van der Waals surface area contributed by atoms with Crippen LogP contribution >= 0.6 is 0 Å². The molecule has 1 aliphatic heterocycles. The standard InChI is InChI=1S/C26H40N2O4/c1-15(18-11-6-5-7-12-18)25(32)28-14-19-21(26(19,3)4)22(28)24(31)27-20(23(30)16(2)29)13-17-9-8-10-17/h15,17-22H,5-14H2,1-4H3,(H,27,31)/t15-,19-,20-,21-,22-/m0/s1. The molecule has 6 heteroatoms. The highest BCUT2D eigenvalue weighted by molar-refractivity contribution is 6.38. The minimum absolute atomic E-state index is 0.0287. The van der Waals surface area contributed by atoms with Gasteiger partial charge in [-0.2, -0.15) is 0 Å². The maximum absolute atomic E-state index is 13.5. The van der Waals surface area contributed by atoms with Gasteiger partial charge in [0.1, 0.15) is 6.04 Å². The van der Waals surface area contributed by atoms with E-state index in [9.17, 15) is 19.2 Å². The zero-order chi connectivity index (χ0) is 23.2. The SMILES string of the molecule is CC(=O)C(=O)[C@H](CC1CCC1)NC(=O)[C@@H]1[C@@H]2[C@H](CN1C(=O)[C@@H](C)C1CCCCC1)C2(C)C. The van der Waals surface area contributed by atoms with Crippen molar-refractivity contribution in [3.8, 4) is 0 Å². The van der Waals surface area contributed by atoms with E-state index in [0.717, 1.165) is 32.1 Å². The van der Waals surface area contributed by atoms with E-state index in [1.807, 2.05) is 11.8 Å². The Morgan fingerprint density at radius 3 is 2.22 bits per heavy atom. The number of piperidine rings is 1. The number of Topliss-reactive ketones (excluding diaryl/α,β-unsaturated/α-hetero) is 2. The van der Waals surface area contributed by atoms with Crippen LogP contribution in [0.1, 0.15) is 85.5 Å². The fourth-order valence-electron chi connectivity index (χ4n) is 6.71. The van der Waals surface area contributed by atoms with Gasteiger partial charge in [-0.25, -0.2) is 0 Å². The normalized spacial score (nSPS) is 31.2. The molecule has 4 rings (SSSR count). The number of hydrogen-bond acceptors (Lipinski definition) is 4. The fourth-order valence-corrected chi connectivity index (χ4v) is 6.71. The lowest BCUT2D eigenvalue weighted by Crippen LogP contribution is -2.55. The largest absolute Gasteiger partial charge is 0.344 e. The lowest BCUT2D eigenvalue weighted by molar-refractivity contribution is -0.146. The molecule has 1 N–H and O–H groups in total. The third kappa shape index (κ3) is 4.26. The first kappa shape index (κ1) is 23.4. The molecular weight excluding hydrogens is 404 g/mol. The molecule has 0 bridgehead atoms. The number of amides is 2. The second kappa shape index (κ2) is 8.90. The summed E-state index contributed by atoms with van der Waals surface area (Å²) in [6, 6.07) is -1.30. The number of nitrogens with zero attached hydrogens (tertiary/aromatic N) is 1. The summed E-state index contributed by atoms with van der Waals surface area (Å²) in [7, 11) is 0. The summed E-state index contributed by atoms with van der Waals surface area (Å²) >= 11 is 0. The van der Waals surface area contributed by atoms with Crippen LogP contribution < -0.4 is 5.32 Å². The van der Waals surface area contributed by atoms with Crippen LogP contribution in [0.2, 0.25) is 0 Å². The molecule has 3 saturated carbocycles. The molecule has 0 aromatic rings. The fraction of sp³-hybridized carbons (Fsp3) is 0.846. The second-order valence-electron chi connectivity index (χ2n) is 11.6. The number of rotatable bonds is 8. The van der Waals surface area contributed by atoms with Crippen LogP contribution in [-0.2, 0) is 19.2 Å². The van der Waals surface area contributed by atoms with E-state index in [-0.39, 0.29) is 29.1 Å². The number of hydrogen-bond donors (Lipinski definition) is 1. The summed E-state index contributed by atoms with van der Waals surface area (Å²) in [4.78, 5) is 53.3. The van der Waals surface area contributed by atoms with Crippen molar-refractivity contribution in [1.82, 2.24) is 10.2 Å². The smallest absolute Gasteiger partial charge is 0.243 e. The molecule has 0 unspecified atom stereocenters. The van der Waals surface area contributed by atoms with Crippen LogP contribution in [0.15, 0.2) is 0 Å². The molecule has 4 aliphatic rings. The molecule has 5 atom stereocenters. The number of nitrogens with one attached hydrogen (secondary N) is 1. The van der Waals surface area contributed by atoms with Crippen molar-refractivity contribution in [3.63, 3.8) is 0 Å². The summed E-state index contributed by atoms with van der Waals surface area (Å²) in [5.41, 5.74) is 0.0287. The molecule has 6 nitrogen and oxygen atoms in total. The monoisotopic (exact) mass is 444 g/mol. The van der Waals surface area contributed by atoms with Gasteiger partial charge in [0, 0.05) is 19.4 Å². The maximum atomic E-state index is 13.5. The minimum atomic E-state index is -0.765. The van der Waals surface area contributed by atoms with Gasteiger partial charge < -0.3 is 10.2 Å². The average Bonchev–Trinajstić information content (AvgIpc) is 3.08. The zero-order valence-corrected chi connectivity index (χ0v) is 20.2. The Kier molecular flexibility index (Phi) is 6.52. The first-order valence-corrected chi connectivity index (χ1v) is 12.8. The summed E-state index contributed by atoms with van der Waals surface area (Å²) in [5.74, 6) is -0.00334. The van der Waals surface area contributed by atoms with Crippen molar-refractivity contribution in [2.45, 2.75) is 97.6 Å². The van der Waals surface area contributed by atoms with Crippen LogP contribution in [-0.4, -0.2) is 46.9 Å². The Morgan fingerprint density at radius 1 is 1.00 bits per heavy atom. The Morgan fingerprint density at radius 2 is 1.66 bits per heavy atom. The number of carbonyl (C=O) groups is 4. The van der Waals surface area contributed by atoms with E-state index >= 15 is 0 Å². The lowest BCUT2D eigenvalue weighted by atomic mass is 9.79. The first-order valence-electron chi connectivity index (χ1n) is 12.8. The van der Waals surface area contributed by atoms with Gasteiger partial charge in [-0.1, -0.05) is 59.3 Å². The highest BCUT2D eigenvalue weighted by Crippen LogP contribution is 2.65. The molecule has 1 heterocycles. The average molecular weight is 445 g/mol. The molecule has 2 amide bonds. The molecule has 0 aromatic heterocycles. The number of ketones is 2. The van der Waals surface area contributed by atoms with Crippen molar-refractivity contribution < 1.29 is 19.2 Å². The van der Waals surface area contributed by atoms with Gasteiger partial charge in [0.25, 0.3) is 0 Å². The Balaban J connectivity index is 1.49. The highest BCUT2D eigenvalue weighted by atomic mass is 16.2. The molecule has 32 heavy (non-hydrogen) atoms. The van der Waals surface area contributed by atoms with Gasteiger partial charge in [0.2, 0.25) is 17.6 Å². The molecule has 0 spiro atoms. The molecule has 178 valence electrons. The topological polar surface area (TPSA) is 83.6 Å². The summed E-state index contributed by atoms with van der Waals surface area (Å²) in [5, 5.41) is 2.93. The van der Waals surface area contributed by atoms with Gasteiger partial charge in [-0.05, 0) is 48.3 Å². The summed E-state index contributed by atoms with van der Waals surface area (Å²) < 4.78 is 0. The number of carbonyl (C=O) groups excluding carboxylic acids is 4.